The zero-order chi connectivity index (χ0) is 10.1. The lowest BCUT2D eigenvalue weighted by Gasteiger charge is -2.34. The molecule has 2 bridgehead atoms. The highest BCUT2D eigenvalue weighted by molar-refractivity contribution is 7.98. The van der Waals surface area contributed by atoms with Gasteiger partial charge in [0.1, 0.15) is 10.5 Å². The van der Waals surface area contributed by atoms with Crippen molar-refractivity contribution < 1.29 is 0 Å². The fourth-order valence-electron chi connectivity index (χ4n) is 3.18. The topological polar surface area (TPSA) is 0 Å². The second-order valence-corrected chi connectivity index (χ2v) is 7.34. The Hall–Kier alpha value is -0.430. The first-order chi connectivity index (χ1) is 7.45. The van der Waals surface area contributed by atoms with Gasteiger partial charge in [0, 0.05) is 10.9 Å². The molecule has 0 aromatic heterocycles. The van der Waals surface area contributed by atoms with Crippen LogP contribution >= 0.6 is 0 Å². The van der Waals surface area contributed by atoms with Gasteiger partial charge in [0.05, 0.1) is 0 Å². The summed E-state index contributed by atoms with van der Waals surface area (Å²) in [6.07, 6.45) is 8.96. The molecule has 3 rings (SSSR count). The van der Waals surface area contributed by atoms with Crippen molar-refractivity contribution in [3.05, 3.63) is 30.3 Å². The molecular formula is C14H19S+. The first kappa shape index (κ1) is 9.77. The van der Waals surface area contributed by atoms with Crippen LogP contribution < -0.4 is 0 Å². The fourth-order valence-corrected chi connectivity index (χ4v) is 6.65. The van der Waals surface area contributed by atoms with Crippen LogP contribution in [0.25, 0.3) is 0 Å². The SMILES string of the molecule is c1ccc([S+]2C3CCCC2CCC3)cc1. The minimum absolute atomic E-state index is 0.596. The summed E-state index contributed by atoms with van der Waals surface area (Å²) in [5.41, 5.74) is 0. The Morgan fingerprint density at radius 2 is 1.33 bits per heavy atom. The van der Waals surface area contributed by atoms with E-state index >= 15 is 0 Å². The van der Waals surface area contributed by atoms with E-state index < -0.39 is 0 Å². The molecular weight excluding hydrogens is 200 g/mol. The highest BCUT2D eigenvalue weighted by atomic mass is 32.2. The second kappa shape index (κ2) is 4.21. The van der Waals surface area contributed by atoms with Gasteiger partial charge in [0.2, 0.25) is 0 Å². The highest BCUT2D eigenvalue weighted by Gasteiger charge is 2.45. The normalized spacial score (nSPS) is 35.1. The molecule has 1 aromatic carbocycles. The third-order valence-corrected chi connectivity index (χ3v) is 7.03. The summed E-state index contributed by atoms with van der Waals surface area (Å²) < 4.78 is 0. The van der Waals surface area contributed by atoms with Gasteiger partial charge in [-0.3, -0.25) is 0 Å². The Balaban J connectivity index is 1.90. The smallest absolute Gasteiger partial charge is 0.0619 e. The quantitative estimate of drug-likeness (QED) is 0.631. The van der Waals surface area contributed by atoms with Crippen molar-refractivity contribution in [2.45, 2.75) is 53.9 Å². The van der Waals surface area contributed by atoms with Crippen molar-refractivity contribution >= 4 is 10.9 Å². The molecule has 2 fully saturated rings. The van der Waals surface area contributed by atoms with Gasteiger partial charge in [-0.15, -0.1) is 0 Å². The van der Waals surface area contributed by atoms with Gasteiger partial charge < -0.3 is 0 Å². The van der Waals surface area contributed by atoms with Crippen LogP contribution in [0.5, 0.6) is 0 Å². The van der Waals surface area contributed by atoms with Crippen molar-refractivity contribution in [2.75, 3.05) is 0 Å². The van der Waals surface area contributed by atoms with Crippen molar-refractivity contribution in [3.8, 4) is 0 Å². The van der Waals surface area contributed by atoms with E-state index in [9.17, 15) is 0 Å². The fraction of sp³-hybridized carbons (Fsp3) is 0.571. The number of rotatable bonds is 1. The molecule has 1 aromatic rings. The molecule has 0 radical (unpaired) electrons. The average Bonchev–Trinajstić information content (AvgIpc) is 2.29. The molecule has 2 aliphatic rings. The Kier molecular flexibility index (Phi) is 2.74. The van der Waals surface area contributed by atoms with Gasteiger partial charge in [0.15, 0.2) is 4.90 Å². The lowest BCUT2D eigenvalue weighted by atomic mass is 9.99. The molecule has 0 N–H and O–H groups in total. The molecule has 0 aliphatic carbocycles. The lowest BCUT2D eigenvalue weighted by Crippen LogP contribution is -2.40. The third-order valence-electron chi connectivity index (χ3n) is 3.84. The molecule has 0 spiro atoms. The van der Waals surface area contributed by atoms with Gasteiger partial charge in [-0.05, 0) is 50.7 Å². The lowest BCUT2D eigenvalue weighted by molar-refractivity contribution is 0.481. The number of fused-ring (bicyclic) bond motifs is 2. The van der Waals surface area contributed by atoms with Crippen LogP contribution in [-0.4, -0.2) is 10.5 Å². The molecule has 2 saturated heterocycles. The van der Waals surface area contributed by atoms with Crippen LogP contribution in [0, 0.1) is 0 Å². The largest absolute Gasteiger partial charge is 0.155 e. The molecule has 0 nitrogen and oxygen atoms in total. The zero-order valence-electron chi connectivity index (χ0n) is 9.19. The van der Waals surface area contributed by atoms with Crippen molar-refractivity contribution in [1.29, 1.82) is 0 Å². The van der Waals surface area contributed by atoms with Gasteiger partial charge in [-0.25, -0.2) is 0 Å². The van der Waals surface area contributed by atoms with Gasteiger partial charge in [-0.1, -0.05) is 18.2 Å². The van der Waals surface area contributed by atoms with Gasteiger partial charge in [0.25, 0.3) is 0 Å². The molecule has 1 heteroatoms. The van der Waals surface area contributed by atoms with E-state index in [-0.39, 0.29) is 0 Å². The van der Waals surface area contributed by atoms with Gasteiger partial charge >= 0.3 is 0 Å². The predicted molar refractivity (Wildman–Crippen MR) is 67.4 cm³/mol. The highest BCUT2D eigenvalue weighted by Crippen LogP contribution is 2.41. The van der Waals surface area contributed by atoms with E-state index in [2.05, 4.69) is 30.3 Å². The summed E-state index contributed by atoms with van der Waals surface area (Å²) >= 11 is 0. The van der Waals surface area contributed by atoms with Crippen LogP contribution in [-0.2, 0) is 10.9 Å². The van der Waals surface area contributed by atoms with Gasteiger partial charge in [-0.2, -0.15) is 0 Å². The molecule has 0 atom stereocenters. The summed E-state index contributed by atoms with van der Waals surface area (Å²) in [4.78, 5) is 1.65. The maximum Gasteiger partial charge on any atom is 0.155 e. The molecule has 0 saturated carbocycles. The van der Waals surface area contributed by atoms with E-state index in [0.29, 0.717) is 10.9 Å². The van der Waals surface area contributed by atoms with E-state index in [1.807, 2.05) is 0 Å². The zero-order valence-corrected chi connectivity index (χ0v) is 10.0. The molecule has 80 valence electrons. The Bertz CT molecular complexity index is 297. The number of benzene rings is 1. The Morgan fingerprint density at radius 1 is 0.800 bits per heavy atom. The van der Waals surface area contributed by atoms with Crippen LogP contribution in [0.15, 0.2) is 35.2 Å². The minimum Gasteiger partial charge on any atom is -0.0619 e. The summed E-state index contributed by atoms with van der Waals surface area (Å²) in [7, 11) is 0.596. The molecule has 0 amide bonds. The second-order valence-electron chi connectivity index (χ2n) is 4.79. The maximum absolute atomic E-state index is 2.36. The van der Waals surface area contributed by atoms with Crippen LogP contribution in [0.2, 0.25) is 0 Å². The first-order valence-corrected chi connectivity index (χ1v) is 7.57. The van der Waals surface area contributed by atoms with Crippen LogP contribution in [0.1, 0.15) is 38.5 Å². The Morgan fingerprint density at radius 3 is 1.87 bits per heavy atom. The Labute approximate surface area is 95.4 Å². The first-order valence-electron chi connectivity index (χ1n) is 6.22. The summed E-state index contributed by atoms with van der Waals surface area (Å²) in [5.74, 6) is 0. The number of hydrogen-bond donors (Lipinski definition) is 0. The molecule has 15 heavy (non-hydrogen) atoms. The van der Waals surface area contributed by atoms with E-state index in [0.717, 1.165) is 10.5 Å². The maximum atomic E-state index is 2.36. The summed E-state index contributed by atoms with van der Waals surface area (Å²) in [6, 6.07) is 11.3. The van der Waals surface area contributed by atoms with E-state index in [1.165, 1.54) is 38.5 Å². The summed E-state index contributed by atoms with van der Waals surface area (Å²) in [6.45, 7) is 0. The number of hydrogen-bond acceptors (Lipinski definition) is 0. The average molecular weight is 219 g/mol. The van der Waals surface area contributed by atoms with Crippen LogP contribution in [0.4, 0.5) is 0 Å². The van der Waals surface area contributed by atoms with E-state index in [4.69, 9.17) is 0 Å². The predicted octanol–water partition coefficient (Wildman–Crippen LogP) is 3.77. The van der Waals surface area contributed by atoms with Crippen molar-refractivity contribution in [1.82, 2.24) is 0 Å². The third kappa shape index (κ3) is 1.82. The summed E-state index contributed by atoms with van der Waals surface area (Å²) in [5, 5.41) is 2.06. The standard InChI is InChI=1S/C14H19S/c1-2-6-12(7-3-1)15-13-8-4-9-14(15)11-5-10-13/h1-3,6-7,13-14H,4-5,8-11H2/q+1. The van der Waals surface area contributed by atoms with E-state index in [1.54, 1.807) is 4.90 Å². The minimum atomic E-state index is 0.596. The van der Waals surface area contributed by atoms with Crippen molar-refractivity contribution in [2.24, 2.45) is 0 Å². The molecule has 2 aliphatic heterocycles. The van der Waals surface area contributed by atoms with Crippen LogP contribution in [0.3, 0.4) is 0 Å². The van der Waals surface area contributed by atoms with Crippen molar-refractivity contribution in [3.63, 3.8) is 0 Å². The molecule has 0 unspecified atom stereocenters. The molecule has 2 heterocycles. The monoisotopic (exact) mass is 219 g/mol.